The Hall–Kier alpha value is -1.62. The topological polar surface area (TPSA) is 58.4 Å². The number of nitro groups is 1. The third-order valence-corrected chi connectivity index (χ3v) is 3.80. The van der Waals surface area contributed by atoms with E-state index in [1.54, 1.807) is 12.1 Å². The lowest BCUT2D eigenvalue weighted by atomic mass is 10.1. The molecule has 5 nitrogen and oxygen atoms in total. The minimum absolute atomic E-state index is 0.204. The molecule has 0 spiro atoms. The summed E-state index contributed by atoms with van der Waals surface area (Å²) in [7, 11) is 0. The van der Waals surface area contributed by atoms with Crippen LogP contribution in [0.4, 0.5) is 11.4 Å². The van der Waals surface area contributed by atoms with E-state index in [4.69, 9.17) is 0 Å². The Bertz CT molecular complexity index is 456. The van der Waals surface area contributed by atoms with Crippen molar-refractivity contribution in [1.29, 1.82) is 0 Å². The van der Waals surface area contributed by atoms with Gasteiger partial charge in [0.2, 0.25) is 0 Å². The van der Waals surface area contributed by atoms with Crippen LogP contribution < -0.4 is 10.2 Å². The Morgan fingerprint density at radius 2 is 2.32 bits per heavy atom. The van der Waals surface area contributed by atoms with Gasteiger partial charge < -0.3 is 10.2 Å². The molecular formula is C14H21N3O2. The summed E-state index contributed by atoms with van der Waals surface area (Å²) < 4.78 is 0. The van der Waals surface area contributed by atoms with Crippen molar-refractivity contribution in [2.75, 3.05) is 24.5 Å². The standard InChI is InChI=1S/C14H21N3O2/c1-3-16(10-12-6-5-9-15-12)13-7-4-8-14(11(13)2)17(18)19/h4,7-8,12,15H,3,5-6,9-10H2,1-2H3. The van der Waals surface area contributed by atoms with Crippen molar-refractivity contribution in [1.82, 2.24) is 5.32 Å². The molecule has 1 heterocycles. The van der Waals surface area contributed by atoms with Crippen molar-refractivity contribution < 1.29 is 4.92 Å². The van der Waals surface area contributed by atoms with Crippen LogP contribution in [0.2, 0.25) is 0 Å². The molecular weight excluding hydrogens is 242 g/mol. The lowest BCUT2D eigenvalue weighted by Gasteiger charge is -2.27. The first-order valence-corrected chi connectivity index (χ1v) is 6.85. The Labute approximate surface area is 113 Å². The maximum Gasteiger partial charge on any atom is 0.274 e. The van der Waals surface area contributed by atoms with Crippen LogP contribution in [0, 0.1) is 17.0 Å². The summed E-state index contributed by atoms with van der Waals surface area (Å²) in [6, 6.07) is 5.81. The monoisotopic (exact) mass is 263 g/mol. The molecule has 1 unspecified atom stereocenters. The van der Waals surface area contributed by atoms with E-state index in [1.165, 1.54) is 12.8 Å². The van der Waals surface area contributed by atoms with E-state index in [2.05, 4.69) is 17.1 Å². The van der Waals surface area contributed by atoms with Crippen molar-refractivity contribution in [3.05, 3.63) is 33.9 Å². The Kier molecular flexibility index (Phi) is 4.37. The molecule has 0 radical (unpaired) electrons. The van der Waals surface area contributed by atoms with Crippen molar-refractivity contribution >= 4 is 11.4 Å². The number of nitro benzene ring substituents is 1. The normalized spacial score (nSPS) is 18.5. The lowest BCUT2D eigenvalue weighted by molar-refractivity contribution is -0.385. The summed E-state index contributed by atoms with van der Waals surface area (Å²) in [6.07, 6.45) is 2.40. The highest BCUT2D eigenvalue weighted by Crippen LogP contribution is 2.28. The van der Waals surface area contributed by atoms with Crippen LogP contribution in [-0.2, 0) is 0 Å². The van der Waals surface area contributed by atoms with Crippen molar-refractivity contribution in [2.45, 2.75) is 32.7 Å². The van der Waals surface area contributed by atoms with Gasteiger partial charge in [-0.1, -0.05) is 6.07 Å². The number of nitrogens with zero attached hydrogens (tertiary/aromatic N) is 2. The first kappa shape index (κ1) is 13.8. The molecule has 19 heavy (non-hydrogen) atoms. The molecule has 1 aliphatic rings. The van der Waals surface area contributed by atoms with Crippen LogP contribution in [0.1, 0.15) is 25.3 Å². The van der Waals surface area contributed by atoms with Gasteiger partial charge in [0.05, 0.1) is 10.5 Å². The highest BCUT2D eigenvalue weighted by atomic mass is 16.6. The van der Waals surface area contributed by atoms with Crippen LogP contribution in [0.5, 0.6) is 0 Å². The summed E-state index contributed by atoms with van der Waals surface area (Å²) in [6.45, 7) is 6.78. The summed E-state index contributed by atoms with van der Waals surface area (Å²) >= 11 is 0. The molecule has 1 aliphatic heterocycles. The number of benzene rings is 1. The first-order chi connectivity index (χ1) is 9.13. The van der Waals surface area contributed by atoms with E-state index in [0.717, 1.165) is 30.9 Å². The van der Waals surface area contributed by atoms with Gasteiger partial charge in [0.25, 0.3) is 5.69 Å². The van der Waals surface area contributed by atoms with Gasteiger partial charge >= 0.3 is 0 Å². The Morgan fingerprint density at radius 3 is 2.89 bits per heavy atom. The van der Waals surface area contributed by atoms with Crippen molar-refractivity contribution in [2.24, 2.45) is 0 Å². The number of hydrogen-bond acceptors (Lipinski definition) is 4. The molecule has 0 bridgehead atoms. The fourth-order valence-corrected chi connectivity index (χ4v) is 2.73. The Balaban J connectivity index is 2.22. The average Bonchev–Trinajstić information content (AvgIpc) is 2.89. The number of likely N-dealkylation sites (N-methyl/N-ethyl adjacent to an activating group) is 1. The zero-order valence-corrected chi connectivity index (χ0v) is 11.6. The van der Waals surface area contributed by atoms with Crippen molar-refractivity contribution in [3.63, 3.8) is 0 Å². The molecule has 1 atom stereocenters. The zero-order valence-electron chi connectivity index (χ0n) is 11.6. The summed E-state index contributed by atoms with van der Waals surface area (Å²) in [5.41, 5.74) is 1.94. The van der Waals surface area contributed by atoms with Gasteiger partial charge in [0.1, 0.15) is 0 Å². The zero-order chi connectivity index (χ0) is 13.8. The third kappa shape index (κ3) is 3.04. The maximum atomic E-state index is 11.0. The summed E-state index contributed by atoms with van der Waals surface area (Å²) in [5.74, 6) is 0. The van der Waals surface area contributed by atoms with Gasteiger partial charge in [-0.3, -0.25) is 10.1 Å². The number of hydrogen-bond donors (Lipinski definition) is 1. The molecule has 2 rings (SSSR count). The van der Waals surface area contributed by atoms with Crippen LogP contribution in [0.15, 0.2) is 18.2 Å². The van der Waals surface area contributed by atoms with Crippen LogP contribution in [0.25, 0.3) is 0 Å². The van der Waals surface area contributed by atoms with Crippen LogP contribution in [-0.4, -0.2) is 30.6 Å². The molecule has 1 saturated heterocycles. The molecule has 5 heteroatoms. The van der Waals surface area contributed by atoms with Gasteiger partial charge in [-0.15, -0.1) is 0 Å². The van der Waals surface area contributed by atoms with E-state index in [9.17, 15) is 10.1 Å². The van der Waals surface area contributed by atoms with Gasteiger partial charge in [0.15, 0.2) is 0 Å². The fraction of sp³-hybridized carbons (Fsp3) is 0.571. The second kappa shape index (κ2) is 6.02. The van der Waals surface area contributed by atoms with Crippen LogP contribution >= 0.6 is 0 Å². The highest BCUT2D eigenvalue weighted by Gasteiger charge is 2.21. The number of anilines is 1. The van der Waals surface area contributed by atoms with Gasteiger partial charge in [-0.25, -0.2) is 0 Å². The van der Waals surface area contributed by atoms with Gasteiger partial charge in [0, 0.05) is 30.9 Å². The molecule has 1 N–H and O–H groups in total. The lowest BCUT2D eigenvalue weighted by Crippen LogP contribution is -2.37. The van der Waals surface area contributed by atoms with E-state index in [1.807, 2.05) is 13.0 Å². The third-order valence-electron chi connectivity index (χ3n) is 3.80. The Morgan fingerprint density at radius 1 is 1.53 bits per heavy atom. The predicted molar refractivity (Wildman–Crippen MR) is 76.7 cm³/mol. The van der Waals surface area contributed by atoms with Crippen molar-refractivity contribution in [3.8, 4) is 0 Å². The molecule has 0 aromatic heterocycles. The minimum atomic E-state index is -0.305. The SMILES string of the molecule is CCN(CC1CCCN1)c1cccc([N+](=O)[O-])c1C. The van der Waals surface area contributed by atoms with Gasteiger partial charge in [-0.05, 0) is 39.3 Å². The van der Waals surface area contributed by atoms with E-state index in [0.29, 0.717) is 6.04 Å². The second-order valence-corrected chi connectivity index (χ2v) is 5.01. The van der Waals surface area contributed by atoms with Gasteiger partial charge in [-0.2, -0.15) is 0 Å². The maximum absolute atomic E-state index is 11.0. The van der Waals surface area contributed by atoms with E-state index >= 15 is 0 Å². The second-order valence-electron chi connectivity index (χ2n) is 5.01. The molecule has 1 fully saturated rings. The molecule has 1 aromatic rings. The molecule has 1 aromatic carbocycles. The highest BCUT2D eigenvalue weighted by molar-refractivity contribution is 5.61. The minimum Gasteiger partial charge on any atom is -0.370 e. The number of nitrogens with one attached hydrogen (secondary N) is 1. The smallest absolute Gasteiger partial charge is 0.274 e. The summed E-state index contributed by atoms with van der Waals surface area (Å²) in [5, 5.41) is 14.5. The summed E-state index contributed by atoms with van der Waals surface area (Å²) in [4.78, 5) is 12.9. The van der Waals surface area contributed by atoms with E-state index in [-0.39, 0.29) is 10.6 Å². The number of rotatable bonds is 5. The van der Waals surface area contributed by atoms with Crippen LogP contribution in [0.3, 0.4) is 0 Å². The molecule has 0 amide bonds. The largest absolute Gasteiger partial charge is 0.370 e. The molecule has 0 saturated carbocycles. The molecule has 104 valence electrons. The average molecular weight is 263 g/mol. The molecule has 0 aliphatic carbocycles. The van der Waals surface area contributed by atoms with E-state index < -0.39 is 0 Å². The quantitative estimate of drug-likeness (QED) is 0.655. The fourth-order valence-electron chi connectivity index (χ4n) is 2.73. The first-order valence-electron chi connectivity index (χ1n) is 6.85. The predicted octanol–water partition coefficient (Wildman–Crippen LogP) is 2.48.